The Morgan fingerprint density at radius 3 is 2.92 bits per heavy atom. The molecule has 2 aromatic rings. The van der Waals surface area contributed by atoms with Gasteiger partial charge in [-0.15, -0.1) is 0 Å². The summed E-state index contributed by atoms with van der Waals surface area (Å²) in [5.74, 6) is -0.0367. The average molecular weight is 328 g/mol. The molecule has 1 aliphatic heterocycles. The number of para-hydroxylation sites is 1. The van der Waals surface area contributed by atoms with E-state index in [0.29, 0.717) is 19.7 Å². The topological polar surface area (TPSA) is 68.2 Å². The van der Waals surface area contributed by atoms with E-state index in [2.05, 4.69) is 15.7 Å². The monoisotopic (exact) mass is 328 g/mol. The quantitative estimate of drug-likeness (QED) is 0.892. The standard InChI is InChI=1S/C18H24N4O2/c1-12-10-13(2)22(21-12)16-7-5-4-6-15(16)11-20-18(23)17-14(3)24-9-8-19-17/h4-7,10,14,17,19H,8-9,11H2,1-3H3,(H,20,23)/t14-,17+/m1/s1. The van der Waals surface area contributed by atoms with Gasteiger partial charge in [0.15, 0.2) is 0 Å². The minimum absolute atomic E-state index is 0.0367. The Kier molecular flexibility index (Phi) is 4.97. The molecule has 1 amide bonds. The number of ether oxygens (including phenoxy) is 1. The highest BCUT2D eigenvalue weighted by Gasteiger charge is 2.28. The summed E-state index contributed by atoms with van der Waals surface area (Å²) in [5.41, 5.74) is 4.07. The molecule has 2 atom stereocenters. The van der Waals surface area contributed by atoms with Crippen LogP contribution in [0.4, 0.5) is 0 Å². The van der Waals surface area contributed by atoms with Crippen LogP contribution in [0.3, 0.4) is 0 Å². The Labute approximate surface area is 142 Å². The van der Waals surface area contributed by atoms with Crippen molar-refractivity contribution in [1.82, 2.24) is 20.4 Å². The summed E-state index contributed by atoms with van der Waals surface area (Å²) in [4.78, 5) is 12.4. The highest BCUT2D eigenvalue weighted by Crippen LogP contribution is 2.17. The number of aromatic nitrogens is 2. The SMILES string of the molecule is Cc1cc(C)n(-c2ccccc2CNC(=O)[C@H]2NCCO[C@@H]2C)n1. The second kappa shape index (κ2) is 7.15. The molecule has 6 nitrogen and oxygen atoms in total. The minimum Gasteiger partial charge on any atom is -0.375 e. The molecule has 1 aromatic heterocycles. The number of benzene rings is 1. The van der Waals surface area contributed by atoms with Crippen LogP contribution in [0.1, 0.15) is 23.9 Å². The molecule has 128 valence electrons. The normalized spacial score (nSPS) is 20.8. The van der Waals surface area contributed by atoms with Gasteiger partial charge in [-0.25, -0.2) is 4.68 Å². The third-order valence-corrected chi connectivity index (χ3v) is 4.28. The van der Waals surface area contributed by atoms with Crippen LogP contribution in [-0.2, 0) is 16.1 Å². The van der Waals surface area contributed by atoms with E-state index < -0.39 is 0 Å². The number of amides is 1. The first-order valence-corrected chi connectivity index (χ1v) is 8.30. The molecule has 0 saturated carbocycles. The van der Waals surface area contributed by atoms with Crippen LogP contribution in [0.2, 0.25) is 0 Å². The van der Waals surface area contributed by atoms with E-state index in [9.17, 15) is 4.79 Å². The van der Waals surface area contributed by atoms with Crippen LogP contribution in [-0.4, -0.2) is 41.0 Å². The molecule has 0 bridgehead atoms. The van der Waals surface area contributed by atoms with Gasteiger partial charge in [0.1, 0.15) is 6.04 Å². The molecule has 0 spiro atoms. The Morgan fingerprint density at radius 2 is 2.21 bits per heavy atom. The molecule has 0 radical (unpaired) electrons. The molecule has 0 aliphatic carbocycles. The fraction of sp³-hybridized carbons (Fsp3) is 0.444. The van der Waals surface area contributed by atoms with Crippen LogP contribution in [0.25, 0.3) is 5.69 Å². The molecule has 24 heavy (non-hydrogen) atoms. The number of rotatable bonds is 4. The predicted molar refractivity (Wildman–Crippen MR) is 92.1 cm³/mol. The molecular weight excluding hydrogens is 304 g/mol. The van der Waals surface area contributed by atoms with E-state index in [1.165, 1.54) is 0 Å². The summed E-state index contributed by atoms with van der Waals surface area (Å²) in [7, 11) is 0. The van der Waals surface area contributed by atoms with Gasteiger partial charge >= 0.3 is 0 Å². The van der Waals surface area contributed by atoms with Crippen molar-refractivity contribution in [3.8, 4) is 5.69 Å². The van der Waals surface area contributed by atoms with Crippen LogP contribution < -0.4 is 10.6 Å². The maximum atomic E-state index is 12.4. The second-order valence-electron chi connectivity index (χ2n) is 6.19. The number of morpholine rings is 1. The first-order chi connectivity index (χ1) is 11.6. The predicted octanol–water partition coefficient (Wildman–Crippen LogP) is 1.48. The zero-order valence-electron chi connectivity index (χ0n) is 14.4. The average Bonchev–Trinajstić information content (AvgIpc) is 2.91. The Hall–Kier alpha value is -2.18. The molecule has 2 N–H and O–H groups in total. The van der Waals surface area contributed by atoms with Crippen LogP contribution in [0.5, 0.6) is 0 Å². The fourth-order valence-corrected chi connectivity index (χ4v) is 3.06. The largest absolute Gasteiger partial charge is 0.375 e. The number of hydrogen-bond donors (Lipinski definition) is 2. The Balaban J connectivity index is 1.74. The molecule has 1 aromatic carbocycles. The van der Waals surface area contributed by atoms with E-state index in [0.717, 1.165) is 22.6 Å². The molecular formula is C18H24N4O2. The third kappa shape index (κ3) is 3.49. The third-order valence-electron chi connectivity index (χ3n) is 4.28. The first kappa shape index (κ1) is 16.7. The molecule has 1 saturated heterocycles. The van der Waals surface area contributed by atoms with E-state index >= 15 is 0 Å². The Morgan fingerprint density at radius 1 is 1.42 bits per heavy atom. The van der Waals surface area contributed by atoms with Crippen molar-refractivity contribution < 1.29 is 9.53 Å². The summed E-state index contributed by atoms with van der Waals surface area (Å²) in [6, 6.07) is 9.72. The van der Waals surface area contributed by atoms with Crippen molar-refractivity contribution in [2.45, 2.75) is 39.5 Å². The summed E-state index contributed by atoms with van der Waals surface area (Å²) in [5, 5.41) is 10.8. The number of carbonyl (C=O) groups is 1. The molecule has 1 aliphatic rings. The maximum Gasteiger partial charge on any atom is 0.240 e. The highest BCUT2D eigenvalue weighted by molar-refractivity contribution is 5.82. The van der Waals surface area contributed by atoms with Crippen LogP contribution in [0, 0.1) is 13.8 Å². The zero-order chi connectivity index (χ0) is 17.1. The lowest BCUT2D eigenvalue weighted by atomic mass is 10.1. The number of carbonyl (C=O) groups excluding carboxylic acids is 1. The van der Waals surface area contributed by atoms with Crippen LogP contribution >= 0.6 is 0 Å². The van der Waals surface area contributed by atoms with Gasteiger partial charge in [-0.3, -0.25) is 4.79 Å². The van der Waals surface area contributed by atoms with Crippen molar-refractivity contribution >= 4 is 5.91 Å². The van der Waals surface area contributed by atoms with Gasteiger partial charge in [0.05, 0.1) is 24.1 Å². The minimum atomic E-state index is -0.306. The van der Waals surface area contributed by atoms with Gasteiger partial charge in [-0.1, -0.05) is 18.2 Å². The zero-order valence-corrected chi connectivity index (χ0v) is 14.4. The van der Waals surface area contributed by atoms with Gasteiger partial charge in [-0.05, 0) is 38.5 Å². The molecule has 3 rings (SSSR count). The van der Waals surface area contributed by atoms with E-state index in [-0.39, 0.29) is 18.1 Å². The number of aryl methyl sites for hydroxylation is 2. The first-order valence-electron chi connectivity index (χ1n) is 8.30. The molecule has 6 heteroatoms. The lowest BCUT2D eigenvalue weighted by Gasteiger charge is -2.29. The lowest BCUT2D eigenvalue weighted by Crippen LogP contribution is -2.55. The van der Waals surface area contributed by atoms with Crippen molar-refractivity contribution in [3.63, 3.8) is 0 Å². The Bertz CT molecular complexity index is 726. The smallest absolute Gasteiger partial charge is 0.240 e. The highest BCUT2D eigenvalue weighted by atomic mass is 16.5. The lowest BCUT2D eigenvalue weighted by molar-refractivity contribution is -0.129. The maximum absolute atomic E-state index is 12.4. The van der Waals surface area contributed by atoms with Crippen molar-refractivity contribution in [2.24, 2.45) is 0 Å². The van der Waals surface area contributed by atoms with Crippen LogP contribution in [0.15, 0.2) is 30.3 Å². The van der Waals surface area contributed by atoms with E-state index in [4.69, 9.17) is 4.74 Å². The summed E-state index contributed by atoms with van der Waals surface area (Å²) in [6.07, 6.45) is -0.120. The number of nitrogens with one attached hydrogen (secondary N) is 2. The summed E-state index contributed by atoms with van der Waals surface area (Å²) in [6.45, 7) is 7.72. The van der Waals surface area contributed by atoms with Gasteiger partial charge < -0.3 is 15.4 Å². The van der Waals surface area contributed by atoms with E-state index in [1.54, 1.807) is 0 Å². The number of hydrogen-bond acceptors (Lipinski definition) is 4. The number of nitrogens with zero attached hydrogens (tertiary/aromatic N) is 2. The van der Waals surface area contributed by atoms with Crippen molar-refractivity contribution in [1.29, 1.82) is 0 Å². The van der Waals surface area contributed by atoms with Gasteiger partial charge in [0.25, 0.3) is 0 Å². The van der Waals surface area contributed by atoms with Gasteiger partial charge in [0.2, 0.25) is 5.91 Å². The molecule has 0 unspecified atom stereocenters. The summed E-state index contributed by atoms with van der Waals surface area (Å²) < 4.78 is 7.46. The summed E-state index contributed by atoms with van der Waals surface area (Å²) >= 11 is 0. The van der Waals surface area contributed by atoms with Crippen molar-refractivity contribution in [2.75, 3.05) is 13.2 Å². The second-order valence-corrected chi connectivity index (χ2v) is 6.19. The van der Waals surface area contributed by atoms with Gasteiger partial charge in [-0.2, -0.15) is 5.10 Å². The van der Waals surface area contributed by atoms with Crippen molar-refractivity contribution in [3.05, 3.63) is 47.3 Å². The van der Waals surface area contributed by atoms with Gasteiger partial charge in [0, 0.05) is 18.8 Å². The van der Waals surface area contributed by atoms with E-state index in [1.807, 2.05) is 55.8 Å². The fourth-order valence-electron chi connectivity index (χ4n) is 3.06. The molecule has 2 heterocycles. The molecule has 1 fully saturated rings.